The molecule has 0 radical (unpaired) electrons. The number of nitrogens with zero attached hydrogens (tertiary/aromatic N) is 1. The third kappa shape index (κ3) is 5.06. The summed E-state index contributed by atoms with van der Waals surface area (Å²) in [5.74, 6) is -1.68. The first kappa shape index (κ1) is 17.5. The zero-order valence-corrected chi connectivity index (χ0v) is 13.3. The number of aromatic carboxylic acids is 1. The van der Waals surface area contributed by atoms with Crippen LogP contribution in [-0.4, -0.2) is 43.0 Å². The zero-order chi connectivity index (χ0) is 16.0. The van der Waals surface area contributed by atoms with Crippen molar-refractivity contribution < 1.29 is 23.1 Å². The molecule has 0 aliphatic carbocycles. The van der Waals surface area contributed by atoms with Crippen molar-refractivity contribution in [1.82, 2.24) is 15.0 Å². The molecule has 1 aromatic rings. The third-order valence-corrected chi connectivity index (χ3v) is 5.48. The van der Waals surface area contributed by atoms with Crippen LogP contribution in [0.4, 0.5) is 0 Å². The largest absolute Gasteiger partial charge is 0.476 e. The van der Waals surface area contributed by atoms with E-state index in [0.717, 1.165) is 11.9 Å². The number of nitrogens with one attached hydrogen (secondary N) is 2. The van der Waals surface area contributed by atoms with Crippen LogP contribution in [-0.2, 0) is 14.8 Å². The number of sulfonamides is 1. The standard InChI is InChI=1S/C11H17N3O5S2/c1-3-7(2)14-8(15)4-5-13-21(18,19)11-9(10(16)17)12-6-20-11/h6-7,13H,3-5H2,1-2H3,(H,14,15)(H,16,17). The van der Waals surface area contributed by atoms with Crippen LogP contribution >= 0.6 is 11.3 Å². The molecule has 1 unspecified atom stereocenters. The van der Waals surface area contributed by atoms with Gasteiger partial charge in [0.2, 0.25) is 5.91 Å². The van der Waals surface area contributed by atoms with E-state index in [-0.39, 0.29) is 29.1 Å². The Morgan fingerprint density at radius 2 is 2.14 bits per heavy atom. The van der Waals surface area contributed by atoms with Crippen molar-refractivity contribution in [3.8, 4) is 0 Å². The normalized spacial score (nSPS) is 12.9. The molecule has 118 valence electrons. The maximum Gasteiger partial charge on any atom is 0.356 e. The van der Waals surface area contributed by atoms with E-state index in [1.165, 1.54) is 0 Å². The molecule has 0 saturated carbocycles. The third-order valence-electron chi connectivity index (χ3n) is 2.65. The van der Waals surface area contributed by atoms with Crippen molar-refractivity contribution in [3.05, 3.63) is 11.2 Å². The lowest BCUT2D eigenvalue weighted by molar-refractivity contribution is -0.121. The van der Waals surface area contributed by atoms with E-state index >= 15 is 0 Å². The highest BCUT2D eigenvalue weighted by molar-refractivity contribution is 7.91. The average Bonchev–Trinajstić information content (AvgIpc) is 2.88. The molecule has 8 nitrogen and oxygen atoms in total. The second-order valence-corrected chi connectivity index (χ2v) is 7.14. The molecule has 0 aromatic carbocycles. The van der Waals surface area contributed by atoms with Crippen molar-refractivity contribution in [2.75, 3.05) is 6.54 Å². The molecule has 0 spiro atoms. The first-order chi connectivity index (χ1) is 9.77. The van der Waals surface area contributed by atoms with Gasteiger partial charge in [0.05, 0.1) is 5.51 Å². The Morgan fingerprint density at radius 3 is 2.71 bits per heavy atom. The number of hydrogen-bond donors (Lipinski definition) is 3. The second kappa shape index (κ2) is 7.48. The van der Waals surface area contributed by atoms with Gasteiger partial charge in [0.15, 0.2) is 9.90 Å². The molecule has 1 atom stereocenters. The van der Waals surface area contributed by atoms with Gasteiger partial charge in [0.25, 0.3) is 10.0 Å². The van der Waals surface area contributed by atoms with Gasteiger partial charge in [-0.25, -0.2) is 22.9 Å². The molecule has 1 heterocycles. The fourth-order valence-electron chi connectivity index (χ4n) is 1.38. The van der Waals surface area contributed by atoms with Gasteiger partial charge in [-0.1, -0.05) is 6.92 Å². The predicted octanol–water partition coefficient (Wildman–Crippen LogP) is 0.424. The number of aromatic nitrogens is 1. The second-order valence-electron chi connectivity index (χ2n) is 4.32. The van der Waals surface area contributed by atoms with E-state index in [2.05, 4.69) is 15.0 Å². The van der Waals surface area contributed by atoms with Crippen molar-refractivity contribution in [2.24, 2.45) is 0 Å². The Kier molecular flexibility index (Phi) is 6.24. The number of carboxylic acid groups (broad SMARTS) is 1. The highest BCUT2D eigenvalue weighted by Gasteiger charge is 2.25. The Balaban J connectivity index is 2.60. The van der Waals surface area contributed by atoms with E-state index in [1.807, 2.05) is 13.8 Å². The van der Waals surface area contributed by atoms with Crippen LogP contribution in [0.1, 0.15) is 37.2 Å². The minimum Gasteiger partial charge on any atom is -0.476 e. The van der Waals surface area contributed by atoms with Crippen molar-refractivity contribution in [2.45, 2.75) is 36.9 Å². The number of carbonyl (C=O) groups excluding carboxylic acids is 1. The molecule has 1 rings (SSSR count). The fourth-order valence-corrected chi connectivity index (χ4v) is 3.60. The lowest BCUT2D eigenvalue weighted by atomic mass is 10.2. The van der Waals surface area contributed by atoms with Crippen LogP contribution in [0, 0.1) is 0 Å². The summed E-state index contributed by atoms with van der Waals surface area (Å²) in [4.78, 5) is 25.9. The summed E-state index contributed by atoms with van der Waals surface area (Å²) in [6.45, 7) is 3.66. The first-order valence-electron chi connectivity index (χ1n) is 6.23. The van der Waals surface area contributed by atoms with E-state index in [0.29, 0.717) is 11.3 Å². The molecule has 10 heteroatoms. The summed E-state index contributed by atoms with van der Waals surface area (Å²) in [6, 6.07) is 0.0224. The van der Waals surface area contributed by atoms with E-state index in [4.69, 9.17) is 5.11 Å². The summed E-state index contributed by atoms with van der Waals surface area (Å²) < 4.78 is 25.7. The summed E-state index contributed by atoms with van der Waals surface area (Å²) in [5.41, 5.74) is 0.629. The summed E-state index contributed by atoms with van der Waals surface area (Å²) in [7, 11) is -3.98. The summed E-state index contributed by atoms with van der Waals surface area (Å²) >= 11 is 0.715. The highest BCUT2D eigenvalue weighted by Crippen LogP contribution is 2.19. The molecule has 0 saturated heterocycles. The van der Waals surface area contributed by atoms with Crippen LogP contribution in [0.3, 0.4) is 0 Å². The SMILES string of the molecule is CCC(C)NC(=O)CCNS(=O)(=O)c1scnc1C(=O)O. The van der Waals surface area contributed by atoms with Gasteiger partial charge < -0.3 is 10.4 Å². The number of amides is 1. The molecule has 0 aliphatic rings. The minimum absolute atomic E-state index is 0.0224. The number of thiazole rings is 1. The topological polar surface area (TPSA) is 125 Å². The van der Waals surface area contributed by atoms with Crippen LogP contribution in [0.2, 0.25) is 0 Å². The number of hydrogen-bond acceptors (Lipinski definition) is 6. The Morgan fingerprint density at radius 1 is 1.48 bits per heavy atom. The lowest BCUT2D eigenvalue weighted by Crippen LogP contribution is -2.35. The van der Waals surface area contributed by atoms with Gasteiger partial charge in [0, 0.05) is 19.0 Å². The average molecular weight is 335 g/mol. The maximum absolute atomic E-state index is 11.9. The van der Waals surface area contributed by atoms with Crippen molar-refractivity contribution >= 4 is 33.2 Å². The smallest absolute Gasteiger partial charge is 0.356 e. The van der Waals surface area contributed by atoms with Gasteiger partial charge in [-0.05, 0) is 13.3 Å². The molecule has 0 bridgehead atoms. The monoisotopic (exact) mass is 335 g/mol. The maximum atomic E-state index is 11.9. The molecular weight excluding hydrogens is 318 g/mol. The molecule has 0 fully saturated rings. The van der Waals surface area contributed by atoms with E-state index < -0.39 is 21.7 Å². The number of carbonyl (C=O) groups is 2. The Labute approximate surface area is 126 Å². The fraction of sp³-hybridized carbons (Fsp3) is 0.545. The quantitative estimate of drug-likeness (QED) is 0.632. The van der Waals surface area contributed by atoms with Gasteiger partial charge in [0.1, 0.15) is 0 Å². The van der Waals surface area contributed by atoms with Crippen molar-refractivity contribution in [1.29, 1.82) is 0 Å². The lowest BCUT2D eigenvalue weighted by Gasteiger charge is -2.11. The molecule has 0 aliphatic heterocycles. The first-order valence-corrected chi connectivity index (χ1v) is 8.60. The van der Waals surface area contributed by atoms with Crippen LogP contribution in [0.25, 0.3) is 0 Å². The van der Waals surface area contributed by atoms with Gasteiger partial charge >= 0.3 is 5.97 Å². The van der Waals surface area contributed by atoms with Gasteiger partial charge in [-0.3, -0.25) is 4.79 Å². The predicted molar refractivity (Wildman–Crippen MR) is 76.8 cm³/mol. The van der Waals surface area contributed by atoms with Gasteiger partial charge in [-0.15, -0.1) is 11.3 Å². The van der Waals surface area contributed by atoms with Crippen LogP contribution in [0.5, 0.6) is 0 Å². The highest BCUT2D eigenvalue weighted by atomic mass is 32.2. The minimum atomic E-state index is -3.98. The van der Waals surface area contributed by atoms with Crippen molar-refractivity contribution in [3.63, 3.8) is 0 Å². The summed E-state index contributed by atoms with van der Waals surface area (Å²) in [5, 5.41) is 11.5. The van der Waals surface area contributed by atoms with Crippen LogP contribution < -0.4 is 10.0 Å². The molecule has 1 amide bonds. The van der Waals surface area contributed by atoms with Crippen LogP contribution in [0.15, 0.2) is 9.72 Å². The molecular formula is C11H17N3O5S2. The van der Waals surface area contributed by atoms with E-state index in [1.54, 1.807) is 0 Å². The number of carboxylic acids is 1. The summed E-state index contributed by atoms with van der Waals surface area (Å²) in [6.07, 6.45) is 0.755. The zero-order valence-electron chi connectivity index (χ0n) is 11.6. The molecule has 1 aromatic heterocycles. The van der Waals surface area contributed by atoms with Gasteiger partial charge in [-0.2, -0.15) is 0 Å². The molecule has 3 N–H and O–H groups in total. The Bertz CT molecular complexity index is 611. The molecule has 21 heavy (non-hydrogen) atoms. The number of rotatable bonds is 8. The van der Waals surface area contributed by atoms with E-state index in [9.17, 15) is 18.0 Å². The Hall–Kier alpha value is -1.52.